The molecule has 0 saturated carbocycles. The second-order valence-corrected chi connectivity index (χ2v) is 9.46. The maximum absolute atomic E-state index is 12.8. The van der Waals surface area contributed by atoms with E-state index in [-0.39, 0.29) is 23.7 Å². The molecular formula is C21H27N3O6S. The molecule has 1 aliphatic rings. The molecule has 1 fully saturated rings. The van der Waals surface area contributed by atoms with E-state index in [0.717, 1.165) is 22.9 Å². The summed E-state index contributed by atoms with van der Waals surface area (Å²) in [7, 11) is -2.10. The van der Waals surface area contributed by atoms with Gasteiger partial charge in [0.2, 0.25) is 10.0 Å². The van der Waals surface area contributed by atoms with Gasteiger partial charge in [-0.2, -0.15) is 4.31 Å². The molecule has 0 spiro atoms. The van der Waals surface area contributed by atoms with E-state index in [9.17, 15) is 18.5 Å². The van der Waals surface area contributed by atoms with Crippen molar-refractivity contribution in [1.29, 1.82) is 0 Å². The van der Waals surface area contributed by atoms with Crippen molar-refractivity contribution in [3.05, 3.63) is 57.6 Å². The predicted octanol–water partition coefficient (Wildman–Crippen LogP) is 2.75. The van der Waals surface area contributed by atoms with E-state index >= 15 is 0 Å². The number of nitro groups is 1. The first kappa shape index (κ1) is 23.0. The van der Waals surface area contributed by atoms with Crippen LogP contribution in [0.4, 0.5) is 11.4 Å². The SMILES string of the molecule is Cc1cc(C)cc(OCCN(C)c2ccc(S(=O)(=O)N3CCOCC3)cc2[N+](=O)[O-])c1. The molecule has 0 aliphatic carbocycles. The molecule has 3 rings (SSSR count). The van der Waals surface area contributed by atoms with Crippen molar-refractivity contribution in [2.45, 2.75) is 18.7 Å². The Hall–Kier alpha value is -2.69. The lowest BCUT2D eigenvalue weighted by atomic mass is 10.1. The fraction of sp³-hybridized carbons (Fsp3) is 0.429. The zero-order valence-electron chi connectivity index (χ0n) is 17.9. The number of rotatable bonds is 8. The number of nitrogens with zero attached hydrogens (tertiary/aromatic N) is 3. The van der Waals surface area contributed by atoms with Gasteiger partial charge >= 0.3 is 0 Å². The summed E-state index contributed by atoms with van der Waals surface area (Å²) < 4.78 is 38.0. The summed E-state index contributed by atoms with van der Waals surface area (Å²) in [6.45, 7) is 5.77. The summed E-state index contributed by atoms with van der Waals surface area (Å²) in [5.74, 6) is 0.743. The average molecular weight is 450 g/mol. The molecule has 0 amide bonds. The number of hydrogen-bond acceptors (Lipinski definition) is 7. The minimum atomic E-state index is -3.82. The second kappa shape index (κ2) is 9.63. The van der Waals surface area contributed by atoms with E-state index in [4.69, 9.17) is 9.47 Å². The summed E-state index contributed by atoms with van der Waals surface area (Å²) in [5, 5.41) is 11.7. The number of morpholine rings is 1. The number of hydrogen-bond donors (Lipinski definition) is 0. The maximum Gasteiger partial charge on any atom is 0.293 e. The van der Waals surface area contributed by atoms with E-state index in [2.05, 4.69) is 6.07 Å². The molecular weight excluding hydrogens is 422 g/mol. The number of anilines is 1. The van der Waals surface area contributed by atoms with Crippen LogP contribution in [0.1, 0.15) is 11.1 Å². The lowest BCUT2D eigenvalue weighted by Gasteiger charge is -2.26. The summed E-state index contributed by atoms with van der Waals surface area (Å²) in [6.07, 6.45) is 0. The predicted molar refractivity (Wildman–Crippen MR) is 117 cm³/mol. The van der Waals surface area contributed by atoms with Gasteiger partial charge in [0.1, 0.15) is 18.0 Å². The third-order valence-electron chi connectivity index (χ3n) is 5.05. The van der Waals surface area contributed by atoms with E-state index in [1.54, 1.807) is 11.9 Å². The number of sulfonamides is 1. The average Bonchev–Trinajstić information content (AvgIpc) is 2.73. The highest BCUT2D eigenvalue weighted by Gasteiger charge is 2.29. The number of ether oxygens (including phenoxy) is 2. The van der Waals surface area contributed by atoms with Crippen LogP contribution in [0, 0.1) is 24.0 Å². The molecule has 0 aromatic heterocycles. The highest BCUT2D eigenvalue weighted by atomic mass is 32.2. The molecule has 0 radical (unpaired) electrons. The van der Waals surface area contributed by atoms with Gasteiger partial charge in [-0.15, -0.1) is 0 Å². The zero-order chi connectivity index (χ0) is 22.6. The van der Waals surface area contributed by atoms with Crippen LogP contribution in [-0.4, -0.2) is 64.1 Å². The molecule has 0 bridgehead atoms. The van der Waals surface area contributed by atoms with Crippen molar-refractivity contribution in [3.63, 3.8) is 0 Å². The van der Waals surface area contributed by atoms with Gasteiger partial charge in [-0.1, -0.05) is 6.07 Å². The van der Waals surface area contributed by atoms with Crippen molar-refractivity contribution >= 4 is 21.4 Å². The molecule has 168 valence electrons. The van der Waals surface area contributed by atoms with Crippen molar-refractivity contribution in [2.24, 2.45) is 0 Å². The Kier molecular flexibility index (Phi) is 7.14. The van der Waals surface area contributed by atoms with Crippen LogP contribution < -0.4 is 9.64 Å². The Morgan fingerprint density at radius 2 is 1.77 bits per heavy atom. The summed E-state index contributed by atoms with van der Waals surface area (Å²) in [4.78, 5) is 12.7. The molecule has 1 aliphatic heterocycles. The molecule has 10 heteroatoms. The number of likely N-dealkylation sites (N-methyl/N-ethyl adjacent to an activating group) is 1. The van der Waals surface area contributed by atoms with Gasteiger partial charge in [0, 0.05) is 26.2 Å². The largest absolute Gasteiger partial charge is 0.492 e. The fourth-order valence-corrected chi connectivity index (χ4v) is 4.93. The van der Waals surface area contributed by atoms with Crippen LogP contribution in [0.15, 0.2) is 41.3 Å². The minimum Gasteiger partial charge on any atom is -0.492 e. The van der Waals surface area contributed by atoms with Gasteiger partial charge in [-0.05, 0) is 49.2 Å². The fourth-order valence-electron chi connectivity index (χ4n) is 3.51. The van der Waals surface area contributed by atoms with Gasteiger partial charge in [-0.25, -0.2) is 8.42 Å². The van der Waals surface area contributed by atoms with Gasteiger partial charge in [-0.3, -0.25) is 10.1 Å². The van der Waals surface area contributed by atoms with Crippen LogP contribution in [-0.2, 0) is 14.8 Å². The normalized spacial score (nSPS) is 14.9. The molecule has 9 nitrogen and oxygen atoms in total. The van der Waals surface area contributed by atoms with Crippen molar-refractivity contribution < 1.29 is 22.8 Å². The standard InChI is InChI=1S/C21H27N3O6S/c1-16-12-17(2)14-18(13-16)30-11-6-22(3)20-5-4-19(15-21(20)24(25)26)31(27,28)23-7-9-29-10-8-23/h4-5,12-15H,6-11H2,1-3H3. The molecule has 1 heterocycles. The van der Waals surface area contributed by atoms with Crippen LogP contribution in [0.3, 0.4) is 0 Å². The smallest absolute Gasteiger partial charge is 0.293 e. The molecule has 2 aromatic carbocycles. The number of benzene rings is 2. The first-order valence-corrected chi connectivity index (χ1v) is 11.4. The van der Waals surface area contributed by atoms with Crippen molar-refractivity contribution in [2.75, 3.05) is 51.4 Å². The van der Waals surface area contributed by atoms with Crippen molar-refractivity contribution in [1.82, 2.24) is 4.31 Å². The Balaban J connectivity index is 1.75. The van der Waals surface area contributed by atoms with Crippen LogP contribution in [0.25, 0.3) is 0 Å². The van der Waals surface area contributed by atoms with Gasteiger partial charge in [0.15, 0.2) is 0 Å². The second-order valence-electron chi connectivity index (χ2n) is 7.52. The molecule has 31 heavy (non-hydrogen) atoms. The molecule has 2 aromatic rings. The van der Waals surface area contributed by atoms with Gasteiger partial charge < -0.3 is 14.4 Å². The van der Waals surface area contributed by atoms with Gasteiger partial charge in [0.25, 0.3) is 5.69 Å². The van der Waals surface area contributed by atoms with Crippen molar-refractivity contribution in [3.8, 4) is 5.75 Å². The summed E-state index contributed by atoms with van der Waals surface area (Å²) in [6, 6.07) is 9.93. The lowest BCUT2D eigenvalue weighted by Crippen LogP contribution is -2.40. The minimum absolute atomic E-state index is 0.0928. The molecule has 1 saturated heterocycles. The Labute approximate surface area is 182 Å². The highest BCUT2D eigenvalue weighted by molar-refractivity contribution is 7.89. The lowest BCUT2D eigenvalue weighted by molar-refractivity contribution is -0.384. The summed E-state index contributed by atoms with van der Waals surface area (Å²) >= 11 is 0. The Bertz CT molecular complexity index is 1030. The molecule has 0 atom stereocenters. The van der Waals surface area contributed by atoms with E-state index in [0.29, 0.717) is 32.1 Å². The monoisotopic (exact) mass is 449 g/mol. The van der Waals surface area contributed by atoms with E-state index < -0.39 is 14.9 Å². The van der Waals surface area contributed by atoms with E-state index in [1.165, 1.54) is 16.4 Å². The molecule has 0 N–H and O–H groups in total. The third kappa shape index (κ3) is 5.52. The Morgan fingerprint density at radius 3 is 2.39 bits per heavy atom. The maximum atomic E-state index is 12.8. The Morgan fingerprint density at radius 1 is 1.13 bits per heavy atom. The van der Waals surface area contributed by atoms with Gasteiger partial charge in [0.05, 0.1) is 29.6 Å². The summed E-state index contributed by atoms with van der Waals surface area (Å²) in [5.41, 5.74) is 2.25. The first-order valence-electron chi connectivity index (χ1n) is 9.97. The first-order chi connectivity index (χ1) is 14.7. The van der Waals surface area contributed by atoms with Crippen LogP contribution in [0.2, 0.25) is 0 Å². The molecule has 0 unspecified atom stereocenters. The van der Waals surface area contributed by atoms with E-state index in [1.807, 2.05) is 26.0 Å². The third-order valence-corrected chi connectivity index (χ3v) is 6.95. The quantitative estimate of drug-likeness (QED) is 0.451. The van der Waals surface area contributed by atoms with Crippen LogP contribution in [0.5, 0.6) is 5.75 Å². The zero-order valence-corrected chi connectivity index (χ0v) is 18.7. The number of aryl methyl sites for hydroxylation is 2. The highest BCUT2D eigenvalue weighted by Crippen LogP contribution is 2.31. The number of nitro benzene ring substituents is 1. The van der Waals surface area contributed by atoms with Crippen LogP contribution >= 0.6 is 0 Å². The topological polar surface area (TPSA) is 102 Å².